The van der Waals surface area contributed by atoms with E-state index in [9.17, 15) is 20.2 Å². The van der Waals surface area contributed by atoms with Crippen molar-refractivity contribution in [3.63, 3.8) is 0 Å². The first-order valence-corrected chi connectivity index (χ1v) is 7.80. The van der Waals surface area contributed by atoms with Crippen LogP contribution in [0.15, 0.2) is 54.7 Å². The average Bonchev–Trinajstić information content (AvgIpc) is 3.04. The highest BCUT2D eigenvalue weighted by Crippen LogP contribution is 2.21. The molecule has 4 aromatic rings. The molecule has 0 aliphatic heterocycles. The van der Waals surface area contributed by atoms with Crippen molar-refractivity contribution in [2.75, 3.05) is 5.32 Å². The summed E-state index contributed by atoms with van der Waals surface area (Å²) in [4.78, 5) is 31.4. The van der Waals surface area contributed by atoms with E-state index in [1.165, 1.54) is 18.2 Å². The van der Waals surface area contributed by atoms with Crippen LogP contribution in [0.3, 0.4) is 0 Å². The first-order valence-electron chi connectivity index (χ1n) is 7.80. The Kier molecular flexibility index (Phi) is 3.71. The van der Waals surface area contributed by atoms with E-state index in [0.29, 0.717) is 11.3 Å². The number of non-ortho nitro benzene ring substituents is 1. The molecule has 0 aliphatic rings. The summed E-state index contributed by atoms with van der Waals surface area (Å²) in [5.74, 6) is -0.246. The highest BCUT2D eigenvalue weighted by Gasteiger charge is 2.16. The molecule has 1 N–H and O–H groups in total. The molecule has 0 saturated carbocycles. The van der Waals surface area contributed by atoms with Gasteiger partial charge < -0.3 is 5.32 Å². The third-order valence-electron chi connectivity index (χ3n) is 3.97. The minimum absolute atomic E-state index is 0.0387. The number of anilines is 1. The largest absolute Gasteiger partial charge is 0.305 e. The van der Waals surface area contributed by atoms with Crippen LogP contribution in [0.2, 0.25) is 0 Å². The van der Waals surface area contributed by atoms with Gasteiger partial charge in [-0.25, -0.2) is 4.98 Å². The van der Waals surface area contributed by atoms with Gasteiger partial charge in [0.25, 0.3) is 11.6 Å². The molecule has 0 unspecified atom stereocenters. The topological polar surface area (TPSA) is 126 Å². The van der Waals surface area contributed by atoms with Crippen LogP contribution >= 0.6 is 0 Å². The second kappa shape index (κ2) is 6.20. The lowest BCUT2D eigenvalue weighted by Crippen LogP contribution is -2.15. The Labute approximate surface area is 151 Å². The molecule has 130 valence electrons. The van der Waals surface area contributed by atoms with Crippen LogP contribution in [-0.2, 0) is 0 Å². The standard InChI is InChI=1S/C18H10N6O3/c19-9-12-10-23-15-7-2-1-6-14(15)20-18(23)22-16(12)21-17(25)11-4-3-5-13(8-11)24(26)27/h1-8,10H,(H,20,21,22,25). The Hall–Kier alpha value is -4.32. The third kappa shape index (κ3) is 2.81. The van der Waals surface area contributed by atoms with Crippen molar-refractivity contribution < 1.29 is 9.72 Å². The number of imidazole rings is 1. The molecule has 9 nitrogen and oxygen atoms in total. The van der Waals surface area contributed by atoms with Gasteiger partial charge >= 0.3 is 0 Å². The summed E-state index contributed by atoms with van der Waals surface area (Å²) >= 11 is 0. The summed E-state index contributed by atoms with van der Waals surface area (Å²) in [6, 6.07) is 14.6. The van der Waals surface area contributed by atoms with Gasteiger partial charge in [-0.05, 0) is 18.2 Å². The lowest BCUT2D eigenvalue weighted by Gasteiger charge is -2.07. The molecule has 2 aromatic heterocycles. The van der Waals surface area contributed by atoms with Gasteiger partial charge in [0.05, 0.1) is 16.0 Å². The van der Waals surface area contributed by atoms with E-state index in [0.717, 1.165) is 11.6 Å². The Balaban J connectivity index is 1.76. The van der Waals surface area contributed by atoms with Crippen LogP contribution in [-0.4, -0.2) is 25.2 Å². The number of aromatic nitrogens is 3. The normalized spacial score (nSPS) is 10.6. The van der Waals surface area contributed by atoms with Gasteiger partial charge in [-0.2, -0.15) is 10.2 Å². The van der Waals surface area contributed by atoms with Crippen molar-refractivity contribution in [1.29, 1.82) is 5.26 Å². The molecular formula is C18H10N6O3. The number of carbonyl (C=O) groups excluding carboxylic acids is 1. The zero-order valence-corrected chi connectivity index (χ0v) is 13.7. The fraction of sp³-hybridized carbons (Fsp3) is 0. The Morgan fingerprint density at radius 2 is 2.00 bits per heavy atom. The lowest BCUT2D eigenvalue weighted by molar-refractivity contribution is -0.384. The molecule has 0 fully saturated rings. The summed E-state index contributed by atoms with van der Waals surface area (Å²) in [6.07, 6.45) is 1.54. The number of nitrogens with one attached hydrogen (secondary N) is 1. The van der Waals surface area contributed by atoms with Crippen LogP contribution < -0.4 is 5.32 Å². The number of nitro benzene ring substituents is 1. The minimum atomic E-state index is -0.608. The highest BCUT2D eigenvalue weighted by atomic mass is 16.6. The summed E-state index contributed by atoms with van der Waals surface area (Å²) in [5, 5.41) is 22.8. The van der Waals surface area contributed by atoms with E-state index in [2.05, 4.69) is 15.3 Å². The van der Waals surface area contributed by atoms with Crippen molar-refractivity contribution in [2.45, 2.75) is 0 Å². The molecule has 2 aromatic carbocycles. The molecular weight excluding hydrogens is 348 g/mol. The molecule has 0 saturated heterocycles. The van der Waals surface area contributed by atoms with Gasteiger partial charge in [0.1, 0.15) is 11.6 Å². The SMILES string of the molecule is N#Cc1cn2c(nc1NC(=O)c1cccc([N+](=O)[O-])c1)nc1ccccc12. The maximum absolute atomic E-state index is 12.5. The summed E-state index contributed by atoms with van der Waals surface area (Å²) in [7, 11) is 0. The predicted molar refractivity (Wildman–Crippen MR) is 96.3 cm³/mol. The molecule has 0 spiro atoms. The van der Waals surface area contributed by atoms with Crippen molar-refractivity contribution in [3.05, 3.63) is 76.0 Å². The number of nitriles is 1. The van der Waals surface area contributed by atoms with Crippen LogP contribution in [0.4, 0.5) is 11.5 Å². The highest BCUT2D eigenvalue weighted by molar-refractivity contribution is 6.04. The van der Waals surface area contributed by atoms with E-state index in [4.69, 9.17) is 0 Å². The smallest absolute Gasteiger partial charge is 0.270 e. The molecule has 4 rings (SSSR count). The number of carbonyl (C=O) groups is 1. The molecule has 0 radical (unpaired) electrons. The second-order valence-corrected chi connectivity index (χ2v) is 5.65. The van der Waals surface area contributed by atoms with Crippen molar-refractivity contribution in [1.82, 2.24) is 14.4 Å². The monoisotopic (exact) mass is 358 g/mol. The van der Waals surface area contributed by atoms with Gasteiger partial charge in [-0.3, -0.25) is 19.3 Å². The molecule has 0 bridgehead atoms. The van der Waals surface area contributed by atoms with Gasteiger partial charge in [0.15, 0.2) is 5.82 Å². The van der Waals surface area contributed by atoms with E-state index in [1.807, 2.05) is 30.3 Å². The van der Waals surface area contributed by atoms with Gasteiger partial charge in [0.2, 0.25) is 5.78 Å². The van der Waals surface area contributed by atoms with E-state index in [-0.39, 0.29) is 22.6 Å². The number of amides is 1. The van der Waals surface area contributed by atoms with Crippen LogP contribution in [0.1, 0.15) is 15.9 Å². The van der Waals surface area contributed by atoms with E-state index < -0.39 is 10.8 Å². The molecule has 9 heteroatoms. The molecule has 1 amide bonds. The van der Waals surface area contributed by atoms with Gasteiger partial charge in [0, 0.05) is 23.9 Å². The number of nitrogens with zero attached hydrogens (tertiary/aromatic N) is 5. The zero-order valence-electron chi connectivity index (χ0n) is 13.7. The summed E-state index contributed by atoms with van der Waals surface area (Å²) in [6.45, 7) is 0. The van der Waals surface area contributed by atoms with Crippen molar-refractivity contribution in [2.24, 2.45) is 0 Å². The zero-order chi connectivity index (χ0) is 19.0. The Bertz CT molecular complexity index is 1270. The minimum Gasteiger partial charge on any atom is -0.305 e. The Morgan fingerprint density at radius 3 is 2.78 bits per heavy atom. The molecule has 27 heavy (non-hydrogen) atoms. The van der Waals surface area contributed by atoms with Crippen LogP contribution in [0, 0.1) is 21.4 Å². The van der Waals surface area contributed by atoms with E-state index in [1.54, 1.807) is 10.6 Å². The van der Waals surface area contributed by atoms with Gasteiger partial charge in [-0.1, -0.05) is 18.2 Å². The fourth-order valence-electron chi connectivity index (χ4n) is 2.71. The first kappa shape index (κ1) is 16.2. The number of nitro groups is 1. The number of fused-ring (bicyclic) bond motifs is 3. The van der Waals surface area contributed by atoms with Gasteiger partial charge in [-0.15, -0.1) is 0 Å². The molecule has 0 atom stereocenters. The summed E-state index contributed by atoms with van der Waals surface area (Å²) in [5.41, 5.74) is 1.52. The maximum Gasteiger partial charge on any atom is 0.270 e. The first-order chi connectivity index (χ1) is 13.1. The fourth-order valence-corrected chi connectivity index (χ4v) is 2.71. The van der Waals surface area contributed by atoms with Crippen LogP contribution in [0.5, 0.6) is 0 Å². The second-order valence-electron chi connectivity index (χ2n) is 5.65. The number of rotatable bonds is 3. The predicted octanol–water partition coefficient (Wildman–Crippen LogP) is 2.91. The van der Waals surface area contributed by atoms with Crippen molar-refractivity contribution in [3.8, 4) is 6.07 Å². The van der Waals surface area contributed by atoms with E-state index >= 15 is 0 Å². The quantitative estimate of drug-likeness (QED) is 0.443. The third-order valence-corrected chi connectivity index (χ3v) is 3.97. The maximum atomic E-state index is 12.5. The number of hydrogen-bond acceptors (Lipinski definition) is 6. The average molecular weight is 358 g/mol. The van der Waals surface area contributed by atoms with Crippen molar-refractivity contribution >= 4 is 34.2 Å². The molecule has 2 heterocycles. The number of hydrogen-bond donors (Lipinski definition) is 1. The summed E-state index contributed by atoms with van der Waals surface area (Å²) < 4.78 is 1.66. The number of para-hydroxylation sites is 2. The number of benzene rings is 2. The van der Waals surface area contributed by atoms with Crippen LogP contribution in [0.25, 0.3) is 16.8 Å². The molecule has 0 aliphatic carbocycles. The lowest BCUT2D eigenvalue weighted by atomic mass is 10.2. The Morgan fingerprint density at radius 1 is 1.19 bits per heavy atom.